The molecule has 2 atom stereocenters. The summed E-state index contributed by atoms with van der Waals surface area (Å²) in [5, 5.41) is 0. The first-order valence-electron chi connectivity index (χ1n) is 10.4. The second kappa shape index (κ2) is 8.59. The second-order valence-corrected chi connectivity index (χ2v) is 7.94. The van der Waals surface area contributed by atoms with Gasteiger partial charge in [0.15, 0.2) is 0 Å². The highest BCUT2D eigenvalue weighted by atomic mass is 16.5. The zero-order valence-corrected chi connectivity index (χ0v) is 16.4. The monoisotopic (exact) mass is 386 g/mol. The van der Waals surface area contributed by atoms with Crippen LogP contribution < -0.4 is 10.6 Å². The highest BCUT2D eigenvalue weighted by Crippen LogP contribution is 2.27. The van der Waals surface area contributed by atoms with Crippen molar-refractivity contribution in [2.45, 2.75) is 37.9 Å². The van der Waals surface area contributed by atoms with Crippen molar-refractivity contribution in [2.24, 2.45) is 5.73 Å². The number of amides is 2. The summed E-state index contributed by atoms with van der Waals surface area (Å²) in [4.78, 5) is 31.5. The third kappa shape index (κ3) is 4.06. The number of hydrogen-bond acceptors (Lipinski definition) is 5. The number of benzene rings is 1. The average Bonchev–Trinajstić information content (AvgIpc) is 3.22. The van der Waals surface area contributed by atoms with E-state index in [0.717, 1.165) is 51.0 Å². The molecule has 3 aliphatic heterocycles. The number of fused-ring (bicyclic) bond motifs is 1. The van der Waals surface area contributed by atoms with Crippen molar-refractivity contribution in [3.8, 4) is 0 Å². The van der Waals surface area contributed by atoms with E-state index in [4.69, 9.17) is 10.5 Å². The lowest BCUT2D eigenvalue weighted by molar-refractivity contribution is -0.144. The third-order valence-corrected chi connectivity index (χ3v) is 6.10. The molecule has 2 fully saturated rings. The lowest BCUT2D eigenvalue weighted by atomic mass is 10.0. The van der Waals surface area contributed by atoms with Gasteiger partial charge in [-0.25, -0.2) is 0 Å². The van der Waals surface area contributed by atoms with Crippen LogP contribution in [0.15, 0.2) is 24.3 Å². The van der Waals surface area contributed by atoms with Crippen molar-refractivity contribution in [1.29, 1.82) is 0 Å². The van der Waals surface area contributed by atoms with Gasteiger partial charge in [-0.15, -0.1) is 0 Å². The van der Waals surface area contributed by atoms with Gasteiger partial charge in [0, 0.05) is 45.0 Å². The Balaban J connectivity index is 1.28. The van der Waals surface area contributed by atoms with Crippen molar-refractivity contribution in [3.63, 3.8) is 0 Å². The van der Waals surface area contributed by atoms with Gasteiger partial charge in [-0.05, 0) is 37.3 Å². The Labute approximate surface area is 166 Å². The summed E-state index contributed by atoms with van der Waals surface area (Å²) < 4.78 is 5.74. The van der Waals surface area contributed by atoms with E-state index >= 15 is 0 Å². The van der Waals surface area contributed by atoms with Gasteiger partial charge in [-0.1, -0.05) is 18.2 Å². The summed E-state index contributed by atoms with van der Waals surface area (Å²) in [5.41, 5.74) is 7.95. The molecule has 152 valence electrons. The molecule has 0 bridgehead atoms. The maximum Gasteiger partial charge on any atom is 0.251 e. The summed E-state index contributed by atoms with van der Waals surface area (Å²) in [5.74, 6) is 0.226. The first-order chi connectivity index (χ1) is 13.7. The Bertz CT molecular complexity index is 717. The van der Waals surface area contributed by atoms with Crippen LogP contribution in [-0.2, 0) is 20.7 Å². The van der Waals surface area contributed by atoms with Crippen molar-refractivity contribution >= 4 is 17.5 Å². The van der Waals surface area contributed by atoms with Crippen molar-refractivity contribution in [2.75, 3.05) is 50.7 Å². The number of carbonyl (C=O) groups is 2. The minimum absolute atomic E-state index is 0.0141. The Morgan fingerprint density at radius 1 is 1.07 bits per heavy atom. The number of ether oxygens (including phenoxy) is 1. The molecule has 1 aromatic carbocycles. The minimum Gasteiger partial charge on any atom is -0.364 e. The molecule has 1 aromatic rings. The fraction of sp³-hybridized carbons (Fsp3) is 0.619. The standard InChI is InChI=1S/C21H30N4O3/c22-14-17-7-8-19(28-17)21(27)24-12-10-23(11-13-24)15-20(26)25-9-3-5-16-4-1-2-6-18(16)25/h1-2,4,6,17,19H,3,5,7-15,22H2/t17-,19+/m1/s1. The topological polar surface area (TPSA) is 79.1 Å². The zero-order chi connectivity index (χ0) is 19.5. The Morgan fingerprint density at radius 2 is 1.86 bits per heavy atom. The van der Waals surface area contributed by atoms with Gasteiger partial charge < -0.3 is 20.3 Å². The van der Waals surface area contributed by atoms with E-state index in [9.17, 15) is 9.59 Å². The number of nitrogens with zero attached hydrogens (tertiary/aromatic N) is 3. The molecule has 7 nitrogen and oxygen atoms in total. The first kappa shape index (κ1) is 19.4. The predicted molar refractivity (Wildman–Crippen MR) is 107 cm³/mol. The molecule has 2 amide bonds. The number of piperazine rings is 1. The summed E-state index contributed by atoms with van der Waals surface area (Å²) in [6, 6.07) is 8.18. The molecule has 0 spiro atoms. The van der Waals surface area contributed by atoms with E-state index in [-0.39, 0.29) is 24.0 Å². The molecule has 3 heterocycles. The minimum atomic E-state index is -0.341. The number of hydrogen-bond donors (Lipinski definition) is 1. The van der Waals surface area contributed by atoms with Gasteiger partial charge >= 0.3 is 0 Å². The zero-order valence-electron chi connectivity index (χ0n) is 16.4. The Morgan fingerprint density at radius 3 is 2.61 bits per heavy atom. The number of rotatable bonds is 4. The van der Waals surface area contributed by atoms with Crippen LogP contribution in [0.25, 0.3) is 0 Å². The molecule has 0 aromatic heterocycles. The number of aryl methyl sites for hydroxylation is 1. The van der Waals surface area contributed by atoms with E-state index in [1.165, 1.54) is 5.56 Å². The number of anilines is 1. The molecular weight excluding hydrogens is 356 g/mol. The van der Waals surface area contributed by atoms with Gasteiger partial charge in [0.25, 0.3) is 5.91 Å². The summed E-state index contributed by atoms with van der Waals surface area (Å²) in [7, 11) is 0. The van der Waals surface area contributed by atoms with Crippen LogP contribution in [0.3, 0.4) is 0 Å². The van der Waals surface area contributed by atoms with Crippen LogP contribution in [0.1, 0.15) is 24.8 Å². The molecule has 7 heteroatoms. The molecule has 2 N–H and O–H groups in total. The molecule has 0 unspecified atom stereocenters. The second-order valence-electron chi connectivity index (χ2n) is 7.94. The SMILES string of the molecule is NC[C@H]1CC[C@@H](C(=O)N2CCN(CC(=O)N3CCCc4ccccc43)CC2)O1. The fourth-order valence-electron chi connectivity index (χ4n) is 4.46. The van der Waals surface area contributed by atoms with Gasteiger partial charge in [-0.3, -0.25) is 14.5 Å². The van der Waals surface area contributed by atoms with Crippen LogP contribution in [0.5, 0.6) is 0 Å². The van der Waals surface area contributed by atoms with Crippen LogP contribution >= 0.6 is 0 Å². The van der Waals surface area contributed by atoms with Gasteiger partial charge in [-0.2, -0.15) is 0 Å². The van der Waals surface area contributed by atoms with Crippen LogP contribution in [0, 0.1) is 0 Å². The molecule has 0 saturated carbocycles. The lowest BCUT2D eigenvalue weighted by Gasteiger charge is -2.37. The highest BCUT2D eigenvalue weighted by molar-refractivity contribution is 5.96. The Hall–Kier alpha value is -1.96. The van der Waals surface area contributed by atoms with Gasteiger partial charge in [0.05, 0.1) is 12.6 Å². The van der Waals surface area contributed by atoms with E-state index in [1.807, 2.05) is 28.0 Å². The molecular formula is C21H30N4O3. The molecule has 2 saturated heterocycles. The lowest BCUT2D eigenvalue weighted by Crippen LogP contribution is -2.53. The van der Waals surface area contributed by atoms with Crippen molar-refractivity contribution < 1.29 is 14.3 Å². The van der Waals surface area contributed by atoms with Crippen molar-refractivity contribution in [3.05, 3.63) is 29.8 Å². The summed E-state index contributed by atoms with van der Waals surface area (Å²) in [6.07, 6.45) is 3.34. The van der Waals surface area contributed by atoms with E-state index in [0.29, 0.717) is 26.2 Å². The summed E-state index contributed by atoms with van der Waals surface area (Å²) in [6.45, 7) is 4.41. The molecule has 0 radical (unpaired) electrons. The van der Waals surface area contributed by atoms with Crippen molar-refractivity contribution in [1.82, 2.24) is 9.80 Å². The van der Waals surface area contributed by atoms with E-state index < -0.39 is 0 Å². The normalized spacial score (nSPS) is 25.6. The number of para-hydroxylation sites is 1. The average molecular weight is 386 g/mol. The Kier molecular flexibility index (Phi) is 5.94. The van der Waals surface area contributed by atoms with Crippen LogP contribution in [-0.4, -0.2) is 79.6 Å². The third-order valence-electron chi connectivity index (χ3n) is 6.10. The smallest absolute Gasteiger partial charge is 0.251 e. The van der Waals surface area contributed by atoms with Gasteiger partial charge in [0.1, 0.15) is 6.10 Å². The molecule has 0 aliphatic carbocycles. The molecule has 28 heavy (non-hydrogen) atoms. The highest BCUT2D eigenvalue weighted by Gasteiger charge is 2.34. The van der Waals surface area contributed by atoms with E-state index in [1.54, 1.807) is 0 Å². The van der Waals surface area contributed by atoms with Gasteiger partial charge in [0.2, 0.25) is 5.91 Å². The maximum atomic E-state index is 12.9. The fourth-order valence-corrected chi connectivity index (χ4v) is 4.46. The summed E-state index contributed by atoms with van der Waals surface area (Å²) >= 11 is 0. The number of carbonyl (C=O) groups excluding carboxylic acids is 2. The number of nitrogens with two attached hydrogens (primary N) is 1. The van der Waals surface area contributed by atoms with Crippen LogP contribution in [0.4, 0.5) is 5.69 Å². The van der Waals surface area contributed by atoms with E-state index in [2.05, 4.69) is 11.0 Å². The first-order valence-corrected chi connectivity index (χ1v) is 10.4. The molecule has 3 aliphatic rings. The van der Waals surface area contributed by atoms with Crippen LogP contribution in [0.2, 0.25) is 0 Å². The largest absolute Gasteiger partial charge is 0.364 e. The maximum absolute atomic E-state index is 12.9. The predicted octanol–water partition coefficient (Wildman–Crippen LogP) is 0.616. The quantitative estimate of drug-likeness (QED) is 0.821. The molecule has 4 rings (SSSR count).